The van der Waals surface area contributed by atoms with Crippen LogP contribution < -0.4 is 0 Å². The zero-order valence-corrected chi connectivity index (χ0v) is 14.2. The summed E-state index contributed by atoms with van der Waals surface area (Å²) in [5, 5.41) is 0. The zero-order valence-electron chi connectivity index (χ0n) is 14.2. The van der Waals surface area contributed by atoms with Crippen LogP contribution in [0.4, 0.5) is 4.79 Å². The number of carbonyl (C=O) groups is 2. The van der Waals surface area contributed by atoms with Crippen LogP contribution in [0.3, 0.4) is 0 Å². The molecule has 1 saturated heterocycles. The minimum Gasteiger partial charge on any atom is -0.468 e. The molecule has 1 aliphatic rings. The lowest BCUT2D eigenvalue weighted by atomic mass is 10.1. The summed E-state index contributed by atoms with van der Waals surface area (Å²) < 4.78 is 10.2. The van der Waals surface area contributed by atoms with E-state index in [1.165, 1.54) is 7.11 Å². The number of hydrogen-bond acceptors (Lipinski definition) is 5. The first-order chi connectivity index (χ1) is 9.56. The molecule has 0 saturated carbocycles. The van der Waals surface area contributed by atoms with Gasteiger partial charge in [-0.2, -0.15) is 0 Å². The van der Waals surface area contributed by atoms with E-state index in [-0.39, 0.29) is 30.2 Å². The van der Waals surface area contributed by atoms with E-state index < -0.39 is 5.60 Å². The molecule has 0 aromatic carbocycles. The smallest absolute Gasteiger partial charge is 0.410 e. The van der Waals surface area contributed by atoms with Crippen molar-refractivity contribution in [2.75, 3.05) is 20.2 Å². The third-order valence-corrected chi connectivity index (χ3v) is 3.64. The third kappa shape index (κ3) is 4.59. The average molecular weight is 300 g/mol. The van der Waals surface area contributed by atoms with Crippen LogP contribution in [0.15, 0.2) is 0 Å². The van der Waals surface area contributed by atoms with Gasteiger partial charge in [0.15, 0.2) is 0 Å². The number of esters is 1. The molecule has 1 unspecified atom stereocenters. The van der Waals surface area contributed by atoms with Gasteiger partial charge < -0.3 is 14.4 Å². The van der Waals surface area contributed by atoms with Gasteiger partial charge in [-0.1, -0.05) is 0 Å². The van der Waals surface area contributed by atoms with Gasteiger partial charge in [-0.05, 0) is 41.5 Å². The van der Waals surface area contributed by atoms with Crippen molar-refractivity contribution in [2.24, 2.45) is 0 Å². The first-order valence-electron chi connectivity index (χ1n) is 7.40. The lowest BCUT2D eigenvalue weighted by Gasteiger charge is -2.45. The number of ether oxygens (including phenoxy) is 2. The number of piperazine rings is 1. The van der Waals surface area contributed by atoms with Crippen LogP contribution in [-0.4, -0.2) is 65.8 Å². The summed E-state index contributed by atoms with van der Waals surface area (Å²) in [6, 6.07) is -0.341. The topological polar surface area (TPSA) is 59.1 Å². The van der Waals surface area contributed by atoms with Gasteiger partial charge in [0.25, 0.3) is 0 Å². The lowest BCUT2D eigenvalue weighted by Crippen LogP contribution is -2.61. The van der Waals surface area contributed by atoms with Crippen LogP contribution in [0.2, 0.25) is 0 Å². The second-order valence-electron chi connectivity index (χ2n) is 6.74. The summed E-state index contributed by atoms with van der Waals surface area (Å²) in [4.78, 5) is 27.8. The highest BCUT2D eigenvalue weighted by atomic mass is 16.6. The monoisotopic (exact) mass is 300 g/mol. The predicted molar refractivity (Wildman–Crippen MR) is 80.0 cm³/mol. The molecular weight excluding hydrogens is 272 g/mol. The first-order valence-corrected chi connectivity index (χ1v) is 7.40. The van der Waals surface area contributed by atoms with Crippen LogP contribution >= 0.6 is 0 Å². The Hall–Kier alpha value is -1.30. The maximum absolute atomic E-state index is 12.3. The Kier molecular flexibility index (Phi) is 5.61. The Balaban J connectivity index is 2.74. The van der Waals surface area contributed by atoms with E-state index in [0.717, 1.165) is 0 Å². The summed E-state index contributed by atoms with van der Waals surface area (Å²) in [7, 11) is 1.39. The van der Waals surface area contributed by atoms with Gasteiger partial charge in [-0.3, -0.25) is 9.69 Å². The largest absolute Gasteiger partial charge is 0.468 e. The number of amides is 1. The fourth-order valence-corrected chi connectivity index (χ4v) is 2.67. The van der Waals surface area contributed by atoms with E-state index >= 15 is 0 Å². The Labute approximate surface area is 127 Å². The van der Waals surface area contributed by atoms with Gasteiger partial charge in [-0.15, -0.1) is 0 Å². The SMILES string of the molecule is COC(=O)C(C)N1C[C@H](C)N(C(=O)OC(C)(C)C)[C@@H](C)C1. The lowest BCUT2D eigenvalue weighted by molar-refractivity contribution is -0.147. The zero-order chi connectivity index (χ0) is 16.4. The molecule has 122 valence electrons. The van der Waals surface area contributed by atoms with Crippen LogP contribution in [0, 0.1) is 0 Å². The van der Waals surface area contributed by atoms with E-state index in [0.29, 0.717) is 13.1 Å². The van der Waals surface area contributed by atoms with Crippen molar-refractivity contribution in [2.45, 2.75) is 65.3 Å². The maximum atomic E-state index is 12.3. The van der Waals surface area contributed by atoms with Crippen LogP contribution in [0.5, 0.6) is 0 Å². The van der Waals surface area contributed by atoms with Gasteiger partial charge in [0.05, 0.1) is 7.11 Å². The van der Waals surface area contributed by atoms with Crippen molar-refractivity contribution in [3.63, 3.8) is 0 Å². The second-order valence-corrected chi connectivity index (χ2v) is 6.74. The molecule has 6 heteroatoms. The van der Waals surface area contributed by atoms with Crippen molar-refractivity contribution in [1.29, 1.82) is 0 Å². The summed E-state index contributed by atoms with van der Waals surface area (Å²) >= 11 is 0. The van der Waals surface area contributed by atoms with Gasteiger partial charge in [0, 0.05) is 25.2 Å². The van der Waals surface area contributed by atoms with Gasteiger partial charge >= 0.3 is 12.1 Å². The van der Waals surface area contributed by atoms with E-state index in [1.54, 1.807) is 4.90 Å². The fraction of sp³-hybridized carbons (Fsp3) is 0.867. The quantitative estimate of drug-likeness (QED) is 0.729. The molecule has 0 aliphatic carbocycles. The molecule has 0 spiro atoms. The van der Waals surface area contributed by atoms with Crippen molar-refractivity contribution < 1.29 is 19.1 Å². The van der Waals surface area contributed by atoms with Crippen molar-refractivity contribution in [3.8, 4) is 0 Å². The normalized spacial score (nSPS) is 25.4. The highest BCUT2D eigenvalue weighted by molar-refractivity contribution is 5.75. The summed E-state index contributed by atoms with van der Waals surface area (Å²) in [6.07, 6.45) is -0.298. The Morgan fingerprint density at radius 1 is 1.14 bits per heavy atom. The standard InChI is InChI=1S/C15H28N2O4/c1-10-8-16(12(3)13(18)20-7)9-11(2)17(10)14(19)21-15(4,5)6/h10-12H,8-9H2,1-7H3/t10-,11-,12?/m0/s1. The Bertz CT molecular complexity index is 380. The molecule has 3 atom stereocenters. The summed E-state index contributed by atoms with van der Waals surface area (Å²) in [5.41, 5.74) is -0.507. The van der Waals surface area contributed by atoms with Crippen LogP contribution in [0.1, 0.15) is 41.5 Å². The van der Waals surface area contributed by atoms with Crippen molar-refractivity contribution in [1.82, 2.24) is 9.80 Å². The summed E-state index contributed by atoms with van der Waals surface area (Å²) in [5.74, 6) is -0.250. The summed E-state index contributed by atoms with van der Waals surface area (Å²) in [6.45, 7) is 12.6. The van der Waals surface area contributed by atoms with Crippen LogP contribution in [-0.2, 0) is 14.3 Å². The van der Waals surface area contributed by atoms with E-state index in [9.17, 15) is 9.59 Å². The number of rotatable bonds is 2. The molecule has 1 fully saturated rings. The van der Waals surface area contributed by atoms with E-state index in [4.69, 9.17) is 9.47 Å². The fourth-order valence-electron chi connectivity index (χ4n) is 2.67. The molecule has 1 aliphatic heterocycles. The number of methoxy groups -OCH3 is 1. The molecule has 0 aromatic rings. The van der Waals surface area contributed by atoms with Crippen molar-refractivity contribution in [3.05, 3.63) is 0 Å². The molecule has 21 heavy (non-hydrogen) atoms. The average Bonchev–Trinajstić information content (AvgIpc) is 2.33. The van der Waals surface area contributed by atoms with Crippen LogP contribution in [0.25, 0.3) is 0 Å². The predicted octanol–water partition coefficient (Wildman–Crippen LogP) is 1.88. The van der Waals surface area contributed by atoms with Gasteiger partial charge in [0.1, 0.15) is 11.6 Å². The number of carbonyl (C=O) groups excluding carboxylic acids is 2. The highest BCUT2D eigenvalue weighted by Gasteiger charge is 2.38. The van der Waals surface area contributed by atoms with Crippen molar-refractivity contribution >= 4 is 12.1 Å². The molecule has 0 radical (unpaired) electrons. The molecule has 1 amide bonds. The molecule has 0 N–H and O–H groups in total. The number of hydrogen-bond donors (Lipinski definition) is 0. The molecule has 6 nitrogen and oxygen atoms in total. The first kappa shape index (κ1) is 17.8. The highest BCUT2D eigenvalue weighted by Crippen LogP contribution is 2.21. The van der Waals surface area contributed by atoms with E-state index in [1.807, 2.05) is 46.4 Å². The van der Waals surface area contributed by atoms with Gasteiger partial charge in [-0.25, -0.2) is 4.79 Å². The molecule has 0 aromatic heterocycles. The van der Waals surface area contributed by atoms with Gasteiger partial charge in [0.2, 0.25) is 0 Å². The third-order valence-electron chi connectivity index (χ3n) is 3.64. The second kappa shape index (κ2) is 6.64. The molecule has 1 heterocycles. The minimum absolute atomic E-state index is 0.0179. The Morgan fingerprint density at radius 2 is 1.62 bits per heavy atom. The Morgan fingerprint density at radius 3 is 2.00 bits per heavy atom. The number of nitrogens with zero attached hydrogens (tertiary/aromatic N) is 2. The molecule has 0 bridgehead atoms. The maximum Gasteiger partial charge on any atom is 0.410 e. The minimum atomic E-state index is -0.507. The molecule has 1 rings (SSSR count). The molecular formula is C15H28N2O4. The van der Waals surface area contributed by atoms with E-state index in [2.05, 4.69) is 0 Å².